The van der Waals surface area contributed by atoms with Crippen LogP contribution in [0.2, 0.25) is 0 Å². The summed E-state index contributed by atoms with van der Waals surface area (Å²) in [4.78, 5) is 24.0. The molecule has 2 rings (SSSR count). The Hall–Kier alpha value is -3.03. The first-order valence-electron chi connectivity index (χ1n) is 8.51. The molecule has 0 aliphatic rings. The van der Waals surface area contributed by atoms with Crippen LogP contribution in [0, 0.1) is 0 Å². The minimum atomic E-state index is -0.337. The van der Waals surface area contributed by atoms with Crippen molar-refractivity contribution in [2.45, 2.75) is 32.7 Å². The Morgan fingerprint density at radius 2 is 2.00 bits per heavy atom. The molecule has 0 saturated carbocycles. The SMILES string of the molecule is CCC(=O)Nc1cc(NC(=O)N[C@@H](CC)c2ccnn2C)ccc1OC. The van der Waals surface area contributed by atoms with Crippen molar-refractivity contribution in [3.05, 3.63) is 36.2 Å². The van der Waals surface area contributed by atoms with E-state index in [1.54, 1.807) is 36.0 Å². The van der Waals surface area contributed by atoms with Gasteiger partial charge in [-0.3, -0.25) is 9.48 Å². The number of anilines is 2. The number of aromatic nitrogens is 2. The maximum Gasteiger partial charge on any atom is 0.319 e. The Kier molecular flexibility index (Phi) is 6.60. The number of methoxy groups -OCH3 is 1. The second-order valence-electron chi connectivity index (χ2n) is 5.76. The maximum atomic E-state index is 12.4. The molecule has 0 spiro atoms. The van der Waals surface area contributed by atoms with Crippen molar-refractivity contribution in [2.24, 2.45) is 7.05 Å². The molecule has 3 N–H and O–H groups in total. The Balaban J connectivity index is 2.09. The van der Waals surface area contributed by atoms with E-state index in [9.17, 15) is 9.59 Å². The summed E-state index contributed by atoms with van der Waals surface area (Å²) in [5.41, 5.74) is 1.98. The standard InChI is InChI=1S/C18H25N5O3/c1-5-13(15-9-10-19-23(15)3)22-18(25)20-12-7-8-16(26-4)14(11-12)21-17(24)6-2/h7-11,13H,5-6H2,1-4H3,(H,21,24)(H2,20,22,25)/t13-/m0/s1. The van der Waals surface area contributed by atoms with Crippen molar-refractivity contribution in [3.63, 3.8) is 0 Å². The molecule has 0 fully saturated rings. The first-order chi connectivity index (χ1) is 12.5. The molecule has 1 atom stereocenters. The average molecular weight is 359 g/mol. The van der Waals surface area contributed by atoms with Crippen LogP contribution in [0.4, 0.5) is 16.2 Å². The van der Waals surface area contributed by atoms with Crippen molar-refractivity contribution in [2.75, 3.05) is 17.7 Å². The fourth-order valence-electron chi connectivity index (χ4n) is 2.56. The zero-order chi connectivity index (χ0) is 19.1. The number of amides is 3. The largest absolute Gasteiger partial charge is 0.495 e. The number of hydrogen-bond donors (Lipinski definition) is 3. The molecule has 8 nitrogen and oxygen atoms in total. The van der Waals surface area contributed by atoms with Crippen molar-refractivity contribution in [3.8, 4) is 5.75 Å². The molecule has 0 aliphatic carbocycles. The first kappa shape index (κ1) is 19.3. The molecule has 3 amide bonds. The van der Waals surface area contributed by atoms with Crippen LogP contribution >= 0.6 is 0 Å². The number of rotatable bonds is 7. The molecule has 0 saturated heterocycles. The summed E-state index contributed by atoms with van der Waals surface area (Å²) in [6.07, 6.45) is 2.78. The molecule has 1 aromatic carbocycles. The lowest BCUT2D eigenvalue weighted by molar-refractivity contribution is -0.115. The average Bonchev–Trinajstić information content (AvgIpc) is 3.05. The van der Waals surface area contributed by atoms with Crippen LogP contribution < -0.4 is 20.7 Å². The number of nitrogens with one attached hydrogen (secondary N) is 3. The Morgan fingerprint density at radius 3 is 2.58 bits per heavy atom. The van der Waals surface area contributed by atoms with Crippen LogP contribution in [0.3, 0.4) is 0 Å². The second kappa shape index (κ2) is 8.89. The number of carbonyl (C=O) groups excluding carboxylic acids is 2. The van der Waals surface area contributed by atoms with Crippen molar-refractivity contribution < 1.29 is 14.3 Å². The third-order valence-corrected chi connectivity index (χ3v) is 3.98. The lowest BCUT2D eigenvalue weighted by atomic mass is 10.1. The third-order valence-electron chi connectivity index (χ3n) is 3.98. The van der Waals surface area contributed by atoms with E-state index in [0.717, 1.165) is 12.1 Å². The highest BCUT2D eigenvalue weighted by Gasteiger charge is 2.16. The van der Waals surface area contributed by atoms with Crippen LogP contribution in [0.25, 0.3) is 0 Å². The summed E-state index contributed by atoms with van der Waals surface area (Å²) in [7, 11) is 3.36. The molecule has 0 aliphatic heterocycles. The smallest absolute Gasteiger partial charge is 0.319 e. The Labute approximate surface area is 152 Å². The van der Waals surface area contributed by atoms with Gasteiger partial charge in [0, 0.05) is 25.4 Å². The predicted molar refractivity (Wildman–Crippen MR) is 100 cm³/mol. The summed E-state index contributed by atoms with van der Waals surface area (Å²) in [5.74, 6) is 0.395. The summed E-state index contributed by atoms with van der Waals surface area (Å²) >= 11 is 0. The lowest BCUT2D eigenvalue weighted by Gasteiger charge is -2.18. The van der Waals surface area contributed by atoms with Gasteiger partial charge in [-0.15, -0.1) is 0 Å². The number of urea groups is 1. The van der Waals surface area contributed by atoms with Crippen LogP contribution in [0.1, 0.15) is 38.4 Å². The second-order valence-corrected chi connectivity index (χ2v) is 5.76. The van der Waals surface area contributed by atoms with Gasteiger partial charge in [0.25, 0.3) is 0 Å². The van der Waals surface area contributed by atoms with Gasteiger partial charge < -0.3 is 20.7 Å². The molecule has 1 heterocycles. The highest BCUT2D eigenvalue weighted by Crippen LogP contribution is 2.28. The van der Waals surface area contributed by atoms with Crippen LogP contribution in [-0.4, -0.2) is 28.8 Å². The minimum absolute atomic E-state index is 0.132. The lowest BCUT2D eigenvalue weighted by Crippen LogP contribution is -2.33. The van der Waals surface area contributed by atoms with Gasteiger partial charge in [0.1, 0.15) is 5.75 Å². The van der Waals surface area contributed by atoms with Gasteiger partial charge in [-0.2, -0.15) is 5.10 Å². The van der Waals surface area contributed by atoms with Crippen molar-refractivity contribution in [1.82, 2.24) is 15.1 Å². The maximum absolute atomic E-state index is 12.4. The van der Waals surface area contributed by atoms with E-state index >= 15 is 0 Å². The van der Waals surface area contributed by atoms with Gasteiger partial charge in [0.05, 0.1) is 24.5 Å². The van der Waals surface area contributed by atoms with E-state index in [1.807, 2.05) is 20.0 Å². The molecule has 140 valence electrons. The van der Waals surface area contributed by atoms with Gasteiger partial charge in [-0.05, 0) is 30.7 Å². The minimum Gasteiger partial charge on any atom is -0.495 e. The molecular formula is C18H25N5O3. The molecule has 0 radical (unpaired) electrons. The first-order valence-corrected chi connectivity index (χ1v) is 8.51. The number of benzene rings is 1. The molecule has 2 aromatic rings. The monoisotopic (exact) mass is 359 g/mol. The normalized spacial score (nSPS) is 11.5. The van der Waals surface area contributed by atoms with Crippen LogP contribution in [0.5, 0.6) is 5.75 Å². The van der Waals surface area contributed by atoms with Gasteiger partial charge in [0.15, 0.2) is 0 Å². The molecule has 8 heteroatoms. The van der Waals surface area contributed by atoms with E-state index in [4.69, 9.17) is 4.74 Å². The van der Waals surface area contributed by atoms with E-state index in [0.29, 0.717) is 23.5 Å². The fraction of sp³-hybridized carbons (Fsp3) is 0.389. The van der Waals surface area contributed by atoms with E-state index < -0.39 is 0 Å². The molecule has 0 bridgehead atoms. The van der Waals surface area contributed by atoms with Gasteiger partial charge >= 0.3 is 6.03 Å². The van der Waals surface area contributed by atoms with Crippen molar-refractivity contribution in [1.29, 1.82) is 0 Å². The van der Waals surface area contributed by atoms with Gasteiger partial charge in [-0.25, -0.2) is 4.79 Å². The topological polar surface area (TPSA) is 97.3 Å². The zero-order valence-electron chi connectivity index (χ0n) is 15.5. The third kappa shape index (κ3) is 4.75. The highest BCUT2D eigenvalue weighted by molar-refractivity contribution is 5.95. The molecule has 1 aromatic heterocycles. The fourth-order valence-corrected chi connectivity index (χ4v) is 2.56. The van der Waals surface area contributed by atoms with E-state index in [1.165, 1.54) is 7.11 Å². The number of ether oxygens (including phenoxy) is 1. The number of aryl methyl sites for hydroxylation is 1. The molecular weight excluding hydrogens is 334 g/mol. The summed E-state index contributed by atoms with van der Waals surface area (Å²) in [6, 6.07) is 6.46. The number of nitrogens with zero attached hydrogens (tertiary/aromatic N) is 2. The van der Waals surface area contributed by atoms with Gasteiger partial charge in [0.2, 0.25) is 5.91 Å². The van der Waals surface area contributed by atoms with Gasteiger partial charge in [-0.1, -0.05) is 13.8 Å². The predicted octanol–water partition coefficient (Wildman–Crippen LogP) is 3.05. The number of carbonyl (C=O) groups is 2. The highest BCUT2D eigenvalue weighted by atomic mass is 16.5. The van der Waals surface area contributed by atoms with E-state index in [-0.39, 0.29) is 18.0 Å². The zero-order valence-corrected chi connectivity index (χ0v) is 15.5. The summed E-state index contributed by atoms with van der Waals surface area (Å²) in [6.45, 7) is 3.75. The Morgan fingerprint density at radius 1 is 1.23 bits per heavy atom. The summed E-state index contributed by atoms with van der Waals surface area (Å²) < 4.78 is 6.98. The van der Waals surface area contributed by atoms with Crippen LogP contribution in [-0.2, 0) is 11.8 Å². The molecule has 0 unspecified atom stereocenters. The Bertz CT molecular complexity index is 772. The molecule has 26 heavy (non-hydrogen) atoms. The quantitative estimate of drug-likeness (QED) is 0.708. The van der Waals surface area contributed by atoms with Crippen LogP contribution in [0.15, 0.2) is 30.5 Å². The summed E-state index contributed by atoms with van der Waals surface area (Å²) in [5, 5.41) is 12.6. The van der Waals surface area contributed by atoms with E-state index in [2.05, 4.69) is 21.0 Å². The number of hydrogen-bond acceptors (Lipinski definition) is 4. The van der Waals surface area contributed by atoms with Crippen molar-refractivity contribution >= 4 is 23.3 Å².